The summed E-state index contributed by atoms with van der Waals surface area (Å²) >= 11 is 0. The van der Waals surface area contributed by atoms with Gasteiger partial charge in [0, 0.05) is 14.1 Å². The maximum absolute atomic E-state index is 12.1. The van der Waals surface area contributed by atoms with Gasteiger partial charge in [0.15, 0.2) is 0 Å². The van der Waals surface area contributed by atoms with Crippen molar-refractivity contribution in [2.45, 2.75) is 25.7 Å². The number of hydrogen-bond acceptors (Lipinski definition) is 4. The third-order valence-electron chi connectivity index (χ3n) is 5.06. The van der Waals surface area contributed by atoms with Gasteiger partial charge in [0.2, 0.25) is 0 Å². The van der Waals surface area contributed by atoms with E-state index in [0.717, 1.165) is 17.5 Å². The number of hydrogen-bond donors (Lipinski definition) is 1. The number of esters is 1. The highest BCUT2D eigenvalue weighted by atomic mass is 16.5. The molecular weight excluding hydrogens is 264 g/mol. The second-order valence-corrected chi connectivity index (χ2v) is 6.70. The zero-order valence-electron chi connectivity index (χ0n) is 12.8. The average molecular weight is 288 g/mol. The monoisotopic (exact) mass is 288 g/mol. The van der Waals surface area contributed by atoms with Crippen LogP contribution in [-0.4, -0.2) is 26.7 Å². The van der Waals surface area contributed by atoms with Crippen LogP contribution in [0.5, 0.6) is 0 Å². The first-order valence-corrected chi connectivity index (χ1v) is 7.78. The summed E-state index contributed by atoms with van der Waals surface area (Å²) in [6, 6.07) is 5.36. The molecule has 1 aromatic rings. The van der Waals surface area contributed by atoms with Gasteiger partial charge in [-0.15, -0.1) is 0 Å². The molecule has 2 bridgehead atoms. The molecule has 3 unspecified atom stereocenters. The summed E-state index contributed by atoms with van der Waals surface area (Å²) in [5.74, 6) is 1.98. The Morgan fingerprint density at radius 3 is 2.71 bits per heavy atom. The van der Waals surface area contributed by atoms with Crippen LogP contribution in [0, 0.1) is 17.8 Å². The van der Waals surface area contributed by atoms with E-state index in [1.165, 1.54) is 25.7 Å². The van der Waals surface area contributed by atoms with Crippen LogP contribution < -0.4 is 10.6 Å². The predicted molar refractivity (Wildman–Crippen MR) is 84.4 cm³/mol. The first-order valence-electron chi connectivity index (χ1n) is 7.78. The highest BCUT2D eigenvalue weighted by Gasteiger charge is 2.39. The van der Waals surface area contributed by atoms with Crippen LogP contribution in [0.15, 0.2) is 18.2 Å². The largest absolute Gasteiger partial charge is 0.462 e. The quantitative estimate of drug-likeness (QED) is 0.683. The van der Waals surface area contributed by atoms with Gasteiger partial charge >= 0.3 is 5.97 Å². The van der Waals surface area contributed by atoms with Crippen molar-refractivity contribution in [1.29, 1.82) is 0 Å². The lowest BCUT2D eigenvalue weighted by Gasteiger charge is -2.21. The van der Waals surface area contributed by atoms with Gasteiger partial charge in [0.1, 0.15) is 0 Å². The fourth-order valence-corrected chi connectivity index (χ4v) is 3.94. The SMILES string of the molecule is CN(C)c1ccc(C(=O)OCC2CC3CCC2C3)cc1N. The van der Waals surface area contributed by atoms with E-state index in [4.69, 9.17) is 10.5 Å². The lowest BCUT2D eigenvalue weighted by atomic mass is 9.89. The molecule has 2 N–H and O–H groups in total. The third-order valence-corrected chi connectivity index (χ3v) is 5.06. The van der Waals surface area contributed by atoms with E-state index < -0.39 is 0 Å². The van der Waals surface area contributed by atoms with Crippen molar-refractivity contribution in [3.63, 3.8) is 0 Å². The van der Waals surface area contributed by atoms with Crippen molar-refractivity contribution in [2.75, 3.05) is 31.3 Å². The Bertz CT molecular complexity index is 542. The molecule has 0 amide bonds. The molecule has 2 fully saturated rings. The maximum Gasteiger partial charge on any atom is 0.338 e. The number of nitrogens with zero attached hydrogens (tertiary/aromatic N) is 1. The van der Waals surface area contributed by atoms with Gasteiger partial charge in [-0.3, -0.25) is 0 Å². The Morgan fingerprint density at radius 1 is 1.33 bits per heavy atom. The molecule has 0 aliphatic heterocycles. The number of fused-ring (bicyclic) bond motifs is 2. The number of benzene rings is 1. The van der Waals surface area contributed by atoms with Crippen LogP contribution in [0.3, 0.4) is 0 Å². The van der Waals surface area contributed by atoms with Crippen LogP contribution in [0.25, 0.3) is 0 Å². The van der Waals surface area contributed by atoms with E-state index in [1.807, 2.05) is 25.1 Å². The van der Waals surface area contributed by atoms with E-state index in [1.54, 1.807) is 12.1 Å². The van der Waals surface area contributed by atoms with E-state index in [0.29, 0.717) is 23.8 Å². The third kappa shape index (κ3) is 2.85. The Kier molecular flexibility index (Phi) is 3.79. The van der Waals surface area contributed by atoms with Crippen LogP contribution >= 0.6 is 0 Å². The number of ether oxygens (including phenoxy) is 1. The molecule has 21 heavy (non-hydrogen) atoms. The molecule has 2 aliphatic rings. The molecule has 0 saturated heterocycles. The predicted octanol–water partition coefficient (Wildman–Crippen LogP) is 2.93. The van der Waals surface area contributed by atoms with Gasteiger partial charge in [-0.2, -0.15) is 0 Å². The second-order valence-electron chi connectivity index (χ2n) is 6.70. The molecule has 3 rings (SSSR count). The van der Waals surface area contributed by atoms with E-state index in [2.05, 4.69) is 0 Å². The van der Waals surface area contributed by atoms with Gasteiger partial charge in [-0.1, -0.05) is 6.42 Å². The summed E-state index contributed by atoms with van der Waals surface area (Å²) in [6.07, 6.45) is 5.27. The Labute approximate surface area is 126 Å². The number of anilines is 2. The standard InChI is InChI=1S/C17H24N2O2/c1-19(2)16-6-5-13(9-15(16)18)17(20)21-10-14-8-11-3-4-12(14)7-11/h5-6,9,11-12,14H,3-4,7-8,10,18H2,1-2H3. The first-order chi connectivity index (χ1) is 10.0. The molecule has 2 saturated carbocycles. The summed E-state index contributed by atoms with van der Waals surface area (Å²) in [7, 11) is 3.86. The highest BCUT2D eigenvalue weighted by molar-refractivity contribution is 5.92. The zero-order valence-corrected chi connectivity index (χ0v) is 12.8. The first kappa shape index (κ1) is 14.2. The fourth-order valence-electron chi connectivity index (χ4n) is 3.94. The summed E-state index contributed by atoms with van der Waals surface area (Å²) in [4.78, 5) is 14.1. The minimum absolute atomic E-state index is 0.255. The molecule has 0 heterocycles. The molecule has 4 nitrogen and oxygen atoms in total. The van der Waals surface area contributed by atoms with E-state index >= 15 is 0 Å². The number of rotatable bonds is 4. The molecular formula is C17H24N2O2. The lowest BCUT2D eigenvalue weighted by molar-refractivity contribution is 0.0394. The van der Waals surface area contributed by atoms with Gasteiger partial charge in [-0.05, 0) is 55.2 Å². The topological polar surface area (TPSA) is 55.6 Å². The highest BCUT2D eigenvalue weighted by Crippen LogP contribution is 2.48. The van der Waals surface area contributed by atoms with E-state index in [9.17, 15) is 4.79 Å². The summed E-state index contributed by atoms with van der Waals surface area (Å²) in [5, 5.41) is 0. The van der Waals surface area contributed by atoms with Gasteiger partial charge < -0.3 is 15.4 Å². The van der Waals surface area contributed by atoms with E-state index in [-0.39, 0.29) is 5.97 Å². The molecule has 114 valence electrons. The zero-order chi connectivity index (χ0) is 15.0. The van der Waals surface area contributed by atoms with Crippen molar-refractivity contribution < 1.29 is 9.53 Å². The van der Waals surface area contributed by atoms with Crippen LogP contribution in [-0.2, 0) is 4.74 Å². The van der Waals surface area contributed by atoms with Crippen LogP contribution in [0.4, 0.5) is 11.4 Å². The molecule has 0 radical (unpaired) electrons. The van der Waals surface area contributed by atoms with Gasteiger partial charge in [-0.25, -0.2) is 4.79 Å². The maximum atomic E-state index is 12.1. The van der Waals surface area contributed by atoms with Crippen molar-refractivity contribution in [3.05, 3.63) is 23.8 Å². The number of nitrogen functional groups attached to an aromatic ring is 1. The molecule has 1 aromatic carbocycles. The minimum Gasteiger partial charge on any atom is -0.462 e. The lowest BCUT2D eigenvalue weighted by Crippen LogP contribution is -2.19. The smallest absolute Gasteiger partial charge is 0.338 e. The summed E-state index contributed by atoms with van der Waals surface area (Å²) in [6.45, 7) is 0.565. The Balaban J connectivity index is 1.59. The van der Waals surface area contributed by atoms with Crippen molar-refractivity contribution in [1.82, 2.24) is 0 Å². The second kappa shape index (κ2) is 5.58. The Morgan fingerprint density at radius 2 is 2.14 bits per heavy atom. The van der Waals surface area contributed by atoms with Crippen molar-refractivity contribution >= 4 is 17.3 Å². The normalized spacial score (nSPS) is 26.9. The number of nitrogens with two attached hydrogens (primary N) is 1. The molecule has 4 heteroatoms. The van der Waals surface area contributed by atoms with Gasteiger partial charge in [0.25, 0.3) is 0 Å². The fraction of sp³-hybridized carbons (Fsp3) is 0.588. The molecule has 0 aromatic heterocycles. The number of carbonyl (C=O) groups is 1. The average Bonchev–Trinajstić information content (AvgIpc) is 3.06. The number of carbonyl (C=O) groups excluding carboxylic acids is 1. The van der Waals surface area contributed by atoms with Crippen LogP contribution in [0.1, 0.15) is 36.0 Å². The van der Waals surface area contributed by atoms with Crippen molar-refractivity contribution in [2.24, 2.45) is 17.8 Å². The van der Waals surface area contributed by atoms with Crippen molar-refractivity contribution in [3.8, 4) is 0 Å². The molecule has 0 spiro atoms. The summed E-state index contributed by atoms with van der Waals surface area (Å²) in [5.41, 5.74) is 8.04. The minimum atomic E-state index is -0.255. The molecule has 3 atom stereocenters. The van der Waals surface area contributed by atoms with Crippen LogP contribution in [0.2, 0.25) is 0 Å². The summed E-state index contributed by atoms with van der Waals surface area (Å²) < 4.78 is 5.51. The van der Waals surface area contributed by atoms with Gasteiger partial charge in [0.05, 0.1) is 23.5 Å². The molecule has 2 aliphatic carbocycles. The Hall–Kier alpha value is -1.71.